The number of aryl methyl sites for hydroxylation is 2. The van der Waals surface area contributed by atoms with Crippen molar-refractivity contribution in [3.05, 3.63) is 45.5 Å². The molecular weight excluding hydrogens is 318 g/mol. The standard InChI is InChI=1S/C15H17N3O4S/c1-3-11-9(2)7-12(23-11)15(21)18-17-13(19)8-16-14(20)10-5-4-6-22-10/h4-7H,3,8H2,1-2H3,(H,16,20)(H,17,19)(H,18,21). The number of rotatable bonds is 5. The van der Waals surface area contributed by atoms with Gasteiger partial charge in [-0.25, -0.2) is 0 Å². The molecule has 0 saturated carbocycles. The average Bonchev–Trinajstić information content (AvgIpc) is 3.19. The Morgan fingerprint density at radius 1 is 1.22 bits per heavy atom. The summed E-state index contributed by atoms with van der Waals surface area (Å²) in [6, 6.07) is 4.84. The summed E-state index contributed by atoms with van der Waals surface area (Å²) in [6.07, 6.45) is 2.22. The average molecular weight is 335 g/mol. The molecule has 0 aliphatic carbocycles. The van der Waals surface area contributed by atoms with Gasteiger partial charge in [0.2, 0.25) is 0 Å². The van der Waals surface area contributed by atoms with E-state index < -0.39 is 11.8 Å². The second kappa shape index (κ2) is 7.59. The maximum absolute atomic E-state index is 11.9. The molecule has 23 heavy (non-hydrogen) atoms. The van der Waals surface area contributed by atoms with Crippen LogP contribution in [0.3, 0.4) is 0 Å². The Balaban J connectivity index is 1.77. The molecule has 2 heterocycles. The summed E-state index contributed by atoms with van der Waals surface area (Å²) in [7, 11) is 0. The number of furan rings is 1. The largest absolute Gasteiger partial charge is 0.459 e. The number of carbonyl (C=O) groups excluding carboxylic acids is 3. The molecule has 2 aromatic rings. The van der Waals surface area contributed by atoms with E-state index in [1.54, 1.807) is 12.1 Å². The van der Waals surface area contributed by atoms with Crippen molar-refractivity contribution in [2.75, 3.05) is 6.54 Å². The molecule has 0 bridgehead atoms. The molecular formula is C15H17N3O4S. The van der Waals surface area contributed by atoms with Gasteiger partial charge in [0, 0.05) is 4.88 Å². The Morgan fingerprint density at radius 3 is 2.61 bits per heavy atom. The van der Waals surface area contributed by atoms with Gasteiger partial charge in [-0.15, -0.1) is 11.3 Å². The van der Waals surface area contributed by atoms with Crippen LogP contribution >= 0.6 is 11.3 Å². The van der Waals surface area contributed by atoms with Crippen molar-refractivity contribution in [1.29, 1.82) is 0 Å². The Bertz CT molecular complexity index is 706. The van der Waals surface area contributed by atoms with E-state index in [2.05, 4.69) is 16.2 Å². The molecule has 0 aliphatic rings. The Kier molecular flexibility index (Phi) is 5.53. The number of thiophene rings is 1. The Hall–Kier alpha value is -2.61. The normalized spacial score (nSPS) is 10.2. The van der Waals surface area contributed by atoms with Gasteiger partial charge in [-0.1, -0.05) is 6.92 Å². The first-order valence-electron chi connectivity index (χ1n) is 7.01. The van der Waals surface area contributed by atoms with Crippen molar-refractivity contribution < 1.29 is 18.8 Å². The minimum atomic E-state index is -0.540. The number of carbonyl (C=O) groups is 3. The first kappa shape index (κ1) is 16.8. The summed E-state index contributed by atoms with van der Waals surface area (Å²) in [5.41, 5.74) is 5.63. The molecule has 0 radical (unpaired) electrons. The Labute approximate surface area is 137 Å². The summed E-state index contributed by atoms with van der Waals surface area (Å²) < 4.78 is 4.90. The van der Waals surface area contributed by atoms with E-state index in [9.17, 15) is 14.4 Å². The highest BCUT2D eigenvalue weighted by atomic mass is 32.1. The monoisotopic (exact) mass is 335 g/mol. The molecule has 0 fully saturated rings. The third-order valence-corrected chi connectivity index (χ3v) is 4.42. The molecule has 0 aromatic carbocycles. The van der Waals surface area contributed by atoms with E-state index in [0.717, 1.165) is 16.9 Å². The summed E-state index contributed by atoms with van der Waals surface area (Å²) in [5.74, 6) is -1.31. The van der Waals surface area contributed by atoms with E-state index in [1.807, 2.05) is 13.8 Å². The van der Waals surface area contributed by atoms with Crippen molar-refractivity contribution in [2.45, 2.75) is 20.3 Å². The highest BCUT2D eigenvalue weighted by Crippen LogP contribution is 2.21. The van der Waals surface area contributed by atoms with Gasteiger partial charge in [-0.3, -0.25) is 25.2 Å². The lowest BCUT2D eigenvalue weighted by Gasteiger charge is -2.06. The molecule has 0 unspecified atom stereocenters. The quantitative estimate of drug-likeness (QED) is 0.719. The highest BCUT2D eigenvalue weighted by Gasteiger charge is 2.13. The lowest BCUT2D eigenvalue weighted by atomic mass is 10.2. The number of nitrogens with one attached hydrogen (secondary N) is 3. The first-order chi connectivity index (χ1) is 11.0. The first-order valence-corrected chi connectivity index (χ1v) is 7.83. The van der Waals surface area contributed by atoms with Gasteiger partial charge < -0.3 is 9.73 Å². The van der Waals surface area contributed by atoms with Crippen LogP contribution in [0.15, 0.2) is 28.9 Å². The van der Waals surface area contributed by atoms with Crippen LogP contribution in [0.4, 0.5) is 0 Å². The summed E-state index contributed by atoms with van der Waals surface area (Å²) in [5, 5.41) is 2.38. The van der Waals surface area contributed by atoms with Crippen LogP contribution in [0, 0.1) is 6.92 Å². The highest BCUT2D eigenvalue weighted by molar-refractivity contribution is 7.14. The van der Waals surface area contributed by atoms with Gasteiger partial charge in [-0.2, -0.15) is 0 Å². The number of hydrogen-bond donors (Lipinski definition) is 3. The minimum absolute atomic E-state index is 0.114. The van der Waals surface area contributed by atoms with E-state index in [0.29, 0.717) is 4.88 Å². The lowest BCUT2D eigenvalue weighted by molar-refractivity contribution is -0.120. The van der Waals surface area contributed by atoms with Crippen LogP contribution in [0.2, 0.25) is 0 Å². The fourth-order valence-electron chi connectivity index (χ4n) is 1.87. The smallest absolute Gasteiger partial charge is 0.287 e. The van der Waals surface area contributed by atoms with E-state index >= 15 is 0 Å². The second-order valence-corrected chi connectivity index (χ2v) is 5.87. The molecule has 0 saturated heterocycles. The zero-order chi connectivity index (χ0) is 16.8. The van der Waals surface area contributed by atoms with Gasteiger partial charge in [0.05, 0.1) is 17.7 Å². The summed E-state index contributed by atoms with van der Waals surface area (Å²) in [6.45, 7) is 3.68. The van der Waals surface area contributed by atoms with Gasteiger partial charge in [-0.05, 0) is 37.1 Å². The van der Waals surface area contributed by atoms with Gasteiger partial charge in [0.25, 0.3) is 17.7 Å². The summed E-state index contributed by atoms with van der Waals surface area (Å²) >= 11 is 1.39. The van der Waals surface area contributed by atoms with Gasteiger partial charge >= 0.3 is 0 Å². The lowest BCUT2D eigenvalue weighted by Crippen LogP contribution is -2.46. The van der Waals surface area contributed by atoms with Gasteiger partial charge in [0.15, 0.2) is 5.76 Å². The third-order valence-electron chi connectivity index (χ3n) is 3.04. The Morgan fingerprint density at radius 2 is 2.00 bits per heavy atom. The predicted molar refractivity (Wildman–Crippen MR) is 85.1 cm³/mol. The molecule has 2 aromatic heterocycles. The molecule has 8 heteroatoms. The molecule has 7 nitrogen and oxygen atoms in total. The third kappa shape index (κ3) is 4.43. The van der Waals surface area contributed by atoms with Crippen LogP contribution < -0.4 is 16.2 Å². The zero-order valence-corrected chi connectivity index (χ0v) is 13.6. The van der Waals surface area contributed by atoms with Crippen molar-refractivity contribution in [2.24, 2.45) is 0 Å². The van der Waals surface area contributed by atoms with Crippen LogP contribution in [0.5, 0.6) is 0 Å². The molecule has 122 valence electrons. The van der Waals surface area contributed by atoms with Crippen molar-refractivity contribution >= 4 is 29.1 Å². The number of hydrazine groups is 1. The zero-order valence-electron chi connectivity index (χ0n) is 12.8. The summed E-state index contributed by atoms with van der Waals surface area (Å²) in [4.78, 5) is 36.8. The molecule has 3 N–H and O–H groups in total. The van der Waals surface area contributed by atoms with Crippen LogP contribution in [0.1, 0.15) is 37.6 Å². The minimum Gasteiger partial charge on any atom is -0.459 e. The molecule has 0 spiro atoms. The van der Waals surface area contributed by atoms with Gasteiger partial charge in [0.1, 0.15) is 0 Å². The molecule has 3 amide bonds. The maximum atomic E-state index is 11.9. The topological polar surface area (TPSA) is 100 Å². The number of hydrogen-bond acceptors (Lipinski definition) is 5. The maximum Gasteiger partial charge on any atom is 0.287 e. The fraction of sp³-hybridized carbons (Fsp3) is 0.267. The SMILES string of the molecule is CCc1sc(C(=O)NNC(=O)CNC(=O)c2ccco2)cc1C. The molecule has 0 atom stereocenters. The van der Waals surface area contributed by atoms with Crippen molar-refractivity contribution in [1.82, 2.24) is 16.2 Å². The van der Waals surface area contributed by atoms with E-state index in [4.69, 9.17) is 4.42 Å². The molecule has 0 aliphatic heterocycles. The molecule has 2 rings (SSSR count). The van der Waals surface area contributed by atoms with E-state index in [-0.39, 0.29) is 18.2 Å². The van der Waals surface area contributed by atoms with Crippen molar-refractivity contribution in [3.8, 4) is 0 Å². The second-order valence-electron chi connectivity index (χ2n) is 4.73. The van der Waals surface area contributed by atoms with Crippen LogP contribution in [-0.2, 0) is 11.2 Å². The fourth-order valence-corrected chi connectivity index (χ4v) is 2.88. The van der Waals surface area contributed by atoms with Crippen LogP contribution in [0.25, 0.3) is 0 Å². The predicted octanol–water partition coefficient (Wildman–Crippen LogP) is 1.40. The van der Waals surface area contributed by atoms with Crippen molar-refractivity contribution in [3.63, 3.8) is 0 Å². The number of amides is 3. The van der Waals surface area contributed by atoms with E-state index in [1.165, 1.54) is 23.7 Å². The van der Waals surface area contributed by atoms with Crippen LogP contribution in [-0.4, -0.2) is 24.3 Å².